The lowest BCUT2D eigenvalue weighted by molar-refractivity contribution is -0.130. The van der Waals surface area contributed by atoms with Gasteiger partial charge < -0.3 is 14.8 Å². The van der Waals surface area contributed by atoms with Crippen molar-refractivity contribution in [1.82, 2.24) is 4.90 Å². The number of oxime groups is 1. The quantitative estimate of drug-likeness (QED) is 0.487. The van der Waals surface area contributed by atoms with Crippen molar-refractivity contribution in [3.63, 3.8) is 0 Å². The Balaban J connectivity index is 2.81. The second kappa shape index (κ2) is 5.89. The lowest BCUT2D eigenvalue weighted by Crippen LogP contribution is -2.27. The summed E-state index contributed by atoms with van der Waals surface area (Å²) >= 11 is 0. The van der Waals surface area contributed by atoms with E-state index in [9.17, 15) is 4.79 Å². The molecule has 92 valence electrons. The van der Waals surface area contributed by atoms with Crippen LogP contribution in [0.5, 0.6) is 5.75 Å². The van der Waals surface area contributed by atoms with Gasteiger partial charge in [0.15, 0.2) is 6.61 Å². The summed E-state index contributed by atoms with van der Waals surface area (Å²) in [4.78, 5) is 12.8. The van der Waals surface area contributed by atoms with Crippen LogP contribution in [0.3, 0.4) is 0 Å². The molecule has 0 bridgehead atoms. The van der Waals surface area contributed by atoms with E-state index in [1.807, 2.05) is 6.07 Å². The first-order valence-corrected chi connectivity index (χ1v) is 5.17. The van der Waals surface area contributed by atoms with Crippen molar-refractivity contribution in [1.29, 1.82) is 0 Å². The van der Waals surface area contributed by atoms with Crippen LogP contribution in [0, 0.1) is 0 Å². The van der Waals surface area contributed by atoms with Crippen molar-refractivity contribution in [2.45, 2.75) is 6.92 Å². The summed E-state index contributed by atoms with van der Waals surface area (Å²) in [6.07, 6.45) is 0. The molecule has 0 saturated carbocycles. The first kappa shape index (κ1) is 13.0. The summed E-state index contributed by atoms with van der Waals surface area (Å²) in [5.41, 5.74) is 1.11. The van der Waals surface area contributed by atoms with Crippen molar-refractivity contribution >= 4 is 11.6 Å². The second-order valence-corrected chi connectivity index (χ2v) is 3.76. The molecule has 0 fully saturated rings. The molecule has 5 nitrogen and oxygen atoms in total. The van der Waals surface area contributed by atoms with Gasteiger partial charge in [-0.2, -0.15) is 0 Å². The number of carbonyl (C=O) groups excluding carboxylic acids is 1. The predicted octanol–water partition coefficient (Wildman–Crippen LogP) is 1.35. The van der Waals surface area contributed by atoms with E-state index in [0.717, 1.165) is 0 Å². The first-order valence-electron chi connectivity index (χ1n) is 5.17. The first-order chi connectivity index (χ1) is 8.06. The number of hydrogen-bond acceptors (Lipinski definition) is 4. The van der Waals surface area contributed by atoms with Gasteiger partial charge in [0.05, 0.1) is 5.71 Å². The van der Waals surface area contributed by atoms with Crippen molar-refractivity contribution in [2.24, 2.45) is 5.16 Å². The molecule has 0 spiro atoms. The number of rotatable bonds is 4. The van der Waals surface area contributed by atoms with Gasteiger partial charge in [-0.3, -0.25) is 4.79 Å². The molecule has 0 aliphatic heterocycles. The van der Waals surface area contributed by atoms with Gasteiger partial charge in [-0.15, -0.1) is 0 Å². The summed E-state index contributed by atoms with van der Waals surface area (Å²) in [6, 6.07) is 7.10. The van der Waals surface area contributed by atoms with Crippen LogP contribution in [0.4, 0.5) is 0 Å². The average Bonchev–Trinajstić information content (AvgIpc) is 2.35. The summed E-state index contributed by atoms with van der Waals surface area (Å²) in [7, 11) is 3.33. The number of nitrogens with zero attached hydrogens (tertiary/aromatic N) is 2. The number of hydrogen-bond donors (Lipinski definition) is 1. The number of likely N-dealkylation sites (N-methyl/N-ethyl adjacent to an activating group) is 1. The maximum atomic E-state index is 11.4. The molecular weight excluding hydrogens is 220 g/mol. The minimum absolute atomic E-state index is 0.0390. The van der Waals surface area contributed by atoms with Crippen LogP contribution in [0.1, 0.15) is 12.5 Å². The number of carbonyl (C=O) groups is 1. The van der Waals surface area contributed by atoms with E-state index in [1.165, 1.54) is 4.90 Å². The van der Waals surface area contributed by atoms with Crippen LogP contribution >= 0.6 is 0 Å². The van der Waals surface area contributed by atoms with E-state index < -0.39 is 0 Å². The SMILES string of the molecule is C/C(=N\O)c1ccccc1OCC(=O)N(C)C. The molecule has 0 aromatic heterocycles. The number of para-hydroxylation sites is 1. The highest BCUT2D eigenvalue weighted by Gasteiger charge is 2.09. The highest BCUT2D eigenvalue weighted by molar-refractivity contribution is 6.00. The number of amides is 1. The Morgan fingerprint density at radius 3 is 2.65 bits per heavy atom. The Labute approximate surface area is 100 Å². The molecule has 17 heavy (non-hydrogen) atoms. The van der Waals surface area contributed by atoms with E-state index >= 15 is 0 Å². The molecule has 0 aliphatic rings. The highest BCUT2D eigenvalue weighted by atomic mass is 16.5. The van der Waals surface area contributed by atoms with Crippen molar-refractivity contribution < 1.29 is 14.7 Å². The number of ether oxygens (including phenoxy) is 1. The van der Waals surface area contributed by atoms with Crippen LogP contribution in [0.25, 0.3) is 0 Å². The van der Waals surface area contributed by atoms with Crippen LogP contribution < -0.4 is 4.74 Å². The van der Waals surface area contributed by atoms with Gasteiger partial charge in [-0.1, -0.05) is 17.3 Å². The van der Waals surface area contributed by atoms with Crippen molar-refractivity contribution in [2.75, 3.05) is 20.7 Å². The Morgan fingerprint density at radius 2 is 2.06 bits per heavy atom. The zero-order valence-corrected chi connectivity index (χ0v) is 10.2. The second-order valence-electron chi connectivity index (χ2n) is 3.76. The maximum absolute atomic E-state index is 11.4. The fraction of sp³-hybridized carbons (Fsp3) is 0.333. The van der Waals surface area contributed by atoms with Gasteiger partial charge in [0, 0.05) is 19.7 Å². The zero-order valence-electron chi connectivity index (χ0n) is 10.2. The molecule has 1 aromatic carbocycles. The fourth-order valence-corrected chi connectivity index (χ4v) is 1.21. The molecule has 5 heteroatoms. The van der Waals surface area contributed by atoms with Crippen LogP contribution in [0.15, 0.2) is 29.4 Å². The van der Waals surface area contributed by atoms with E-state index in [-0.39, 0.29) is 12.5 Å². The third kappa shape index (κ3) is 3.48. The third-order valence-corrected chi connectivity index (χ3v) is 2.28. The largest absolute Gasteiger partial charge is 0.483 e. The van der Waals surface area contributed by atoms with Gasteiger partial charge in [-0.25, -0.2) is 0 Å². The topological polar surface area (TPSA) is 62.1 Å². The Kier molecular flexibility index (Phi) is 4.51. The highest BCUT2D eigenvalue weighted by Crippen LogP contribution is 2.18. The third-order valence-electron chi connectivity index (χ3n) is 2.28. The lowest BCUT2D eigenvalue weighted by atomic mass is 10.1. The molecule has 0 radical (unpaired) electrons. The summed E-state index contributed by atoms with van der Waals surface area (Å²) in [5.74, 6) is 0.399. The summed E-state index contributed by atoms with van der Waals surface area (Å²) in [5, 5.41) is 11.9. The Morgan fingerprint density at radius 1 is 1.41 bits per heavy atom. The van der Waals surface area contributed by atoms with E-state index in [2.05, 4.69) is 5.16 Å². The number of benzene rings is 1. The molecule has 0 heterocycles. The minimum Gasteiger partial charge on any atom is -0.483 e. The predicted molar refractivity (Wildman–Crippen MR) is 64.6 cm³/mol. The molecule has 1 amide bonds. The summed E-state index contributed by atoms with van der Waals surface area (Å²) in [6.45, 7) is 1.62. The molecule has 0 atom stereocenters. The van der Waals surface area contributed by atoms with Gasteiger partial charge in [0.1, 0.15) is 5.75 Å². The molecule has 0 aliphatic carbocycles. The lowest BCUT2D eigenvalue weighted by Gasteiger charge is -2.13. The zero-order chi connectivity index (χ0) is 12.8. The standard InChI is InChI=1S/C12H16N2O3/c1-9(13-16)10-6-4-5-7-11(10)17-8-12(15)14(2)3/h4-7,16H,8H2,1-3H3/b13-9+. The van der Waals surface area contributed by atoms with Crippen LogP contribution in [-0.4, -0.2) is 42.4 Å². The van der Waals surface area contributed by atoms with E-state index in [0.29, 0.717) is 17.0 Å². The molecular formula is C12H16N2O3. The molecule has 0 saturated heterocycles. The maximum Gasteiger partial charge on any atom is 0.259 e. The van der Waals surface area contributed by atoms with Crippen molar-refractivity contribution in [3.05, 3.63) is 29.8 Å². The minimum atomic E-state index is -0.126. The smallest absolute Gasteiger partial charge is 0.259 e. The van der Waals surface area contributed by atoms with Gasteiger partial charge in [-0.05, 0) is 19.1 Å². The van der Waals surface area contributed by atoms with Gasteiger partial charge >= 0.3 is 0 Å². The molecule has 1 aromatic rings. The van der Waals surface area contributed by atoms with Crippen LogP contribution in [-0.2, 0) is 4.79 Å². The van der Waals surface area contributed by atoms with Crippen molar-refractivity contribution in [3.8, 4) is 5.75 Å². The Hall–Kier alpha value is -2.04. The Bertz CT molecular complexity index is 428. The van der Waals surface area contributed by atoms with Gasteiger partial charge in [0.2, 0.25) is 0 Å². The monoisotopic (exact) mass is 236 g/mol. The van der Waals surface area contributed by atoms with E-state index in [1.54, 1.807) is 39.2 Å². The summed E-state index contributed by atoms with van der Waals surface area (Å²) < 4.78 is 5.40. The average molecular weight is 236 g/mol. The normalized spacial score (nSPS) is 11.1. The van der Waals surface area contributed by atoms with E-state index in [4.69, 9.17) is 9.94 Å². The molecule has 1 N–H and O–H groups in total. The molecule has 1 rings (SSSR count). The van der Waals surface area contributed by atoms with Gasteiger partial charge in [0.25, 0.3) is 5.91 Å². The van der Waals surface area contributed by atoms with Crippen LogP contribution in [0.2, 0.25) is 0 Å². The molecule has 0 unspecified atom stereocenters. The fourth-order valence-electron chi connectivity index (χ4n) is 1.21.